The maximum absolute atomic E-state index is 12.9. The summed E-state index contributed by atoms with van der Waals surface area (Å²) >= 11 is 0. The minimum atomic E-state index is -0.453. The van der Waals surface area contributed by atoms with Gasteiger partial charge in [-0.05, 0) is 38.3 Å². The third kappa shape index (κ3) is 3.81. The van der Waals surface area contributed by atoms with Gasteiger partial charge in [-0.2, -0.15) is 4.98 Å². The lowest BCUT2D eigenvalue weighted by Crippen LogP contribution is -2.18. The van der Waals surface area contributed by atoms with E-state index in [1.54, 1.807) is 25.1 Å². The maximum Gasteiger partial charge on any atom is 0.344 e. The second kappa shape index (κ2) is 8.69. The zero-order chi connectivity index (χ0) is 21.1. The van der Waals surface area contributed by atoms with Crippen LogP contribution < -0.4 is 10.3 Å². The van der Waals surface area contributed by atoms with Crippen LogP contribution in [-0.4, -0.2) is 38.9 Å². The third-order valence-corrected chi connectivity index (χ3v) is 5.46. The smallest absolute Gasteiger partial charge is 0.344 e. The molecule has 2 aliphatic heterocycles. The second-order valence-electron chi connectivity index (χ2n) is 7.39. The molecule has 1 aliphatic carbocycles. The van der Waals surface area contributed by atoms with Crippen LogP contribution in [0.1, 0.15) is 51.3 Å². The first-order valence-electron chi connectivity index (χ1n) is 10.5. The molecular formula is C22H26N4O4. The van der Waals surface area contributed by atoms with Gasteiger partial charge in [0, 0.05) is 5.69 Å². The molecule has 30 heavy (non-hydrogen) atoms. The minimum Gasteiger partial charge on any atom is -0.481 e. The van der Waals surface area contributed by atoms with E-state index in [1.807, 2.05) is 17.7 Å². The summed E-state index contributed by atoms with van der Waals surface area (Å²) < 4.78 is 12.6. The zero-order valence-corrected chi connectivity index (χ0v) is 17.3. The van der Waals surface area contributed by atoms with E-state index in [-0.39, 0.29) is 18.8 Å². The standard InChI is InChI=1S/C22H26N4O4/c1-3-16-19-21(26(25-16)14-9-5-6-10-14)23-20(24-22(19)28)15-11-7-8-12-17(15)30-13-18(27)29-4-2/h7-8,11-12,14,25H,3-6,9-10,13H2,1-2H3. The monoisotopic (exact) mass is 410 g/mol. The molecule has 1 aromatic rings. The number of esters is 1. The molecule has 0 saturated heterocycles. The Kier molecular flexibility index (Phi) is 5.83. The number of aromatic amines is 1. The Morgan fingerprint density at radius 1 is 1.20 bits per heavy atom. The van der Waals surface area contributed by atoms with Crippen LogP contribution in [0.5, 0.6) is 5.75 Å². The molecule has 1 aromatic carbocycles. The molecule has 4 rings (SSSR count). The molecule has 8 heteroatoms. The van der Waals surface area contributed by atoms with Crippen LogP contribution in [-0.2, 0) is 16.0 Å². The first-order valence-corrected chi connectivity index (χ1v) is 10.5. The van der Waals surface area contributed by atoms with E-state index in [0.29, 0.717) is 41.0 Å². The summed E-state index contributed by atoms with van der Waals surface area (Å²) in [5.74, 6) is 0.905. The summed E-state index contributed by atoms with van der Waals surface area (Å²) in [5.41, 5.74) is 1.68. The van der Waals surface area contributed by atoms with E-state index >= 15 is 0 Å². The van der Waals surface area contributed by atoms with E-state index in [0.717, 1.165) is 18.5 Å². The van der Waals surface area contributed by atoms with E-state index in [2.05, 4.69) is 10.1 Å². The van der Waals surface area contributed by atoms with E-state index in [9.17, 15) is 9.59 Å². The second-order valence-corrected chi connectivity index (χ2v) is 7.39. The zero-order valence-electron chi connectivity index (χ0n) is 17.3. The number of ether oxygens (including phenoxy) is 2. The quantitative estimate of drug-likeness (QED) is 0.600. The Bertz CT molecular complexity index is 1070. The van der Waals surface area contributed by atoms with Crippen molar-refractivity contribution in [2.45, 2.75) is 52.0 Å². The molecular weight excluding hydrogens is 384 g/mol. The summed E-state index contributed by atoms with van der Waals surface area (Å²) in [6.07, 6.45) is 5.18. The van der Waals surface area contributed by atoms with Crippen molar-refractivity contribution in [3.05, 3.63) is 40.3 Å². The van der Waals surface area contributed by atoms with Gasteiger partial charge in [0.1, 0.15) is 11.3 Å². The molecule has 0 bridgehead atoms. The highest BCUT2D eigenvalue weighted by molar-refractivity contribution is 5.72. The molecule has 2 heterocycles. The number of hydrogen-bond acceptors (Lipinski definition) is 6. The van der Waals surface area contributed by atoms with Crippen molar-refractivity contribution < 1.29 is 14.3 Å². The number of H-pyrrole nitrogens is 1. The van der Waals surface area contributed by atoms with Gasteiger partial charge in [0.2, 0.25) is 0 Å². The fourth-order valence-electron chi connectivity index (χ4n) is 4.04. The largest absolute Gasteiger partial charge is 0.481 e. The normalized spacial score (nSPS) is 14.3. The average molecular weight is 410 g/mol. The number of fused-ring (bicyclic) bond motifs is 1. The summed E-state index contributed by atoms with van der Waals surface area (Å²) in [4.78, 5) is 33.6. The van der Waals surface area contributed by atoms with E-state index in [1.165, 1.54) is 12.8 Å². The van der Waals surface area contributed by atoms with Gasteiger partial charge in [0.15, 0.2) is 18.3 Å². The van der Waals surface area contributed by atoms with Crippen LogP contribution in [0, 0.1) is 0 Å². The summed E-state index contributed by atoms with van der Waals surface area (Å²) in [6, 6.07) is 7.44. The molecule has 1 fully saturated rings. The van der Waals surface area contributed by atoms with E-state index < -0.39 is 5.97 Å². The molecule has 0 amide bonds. The molecule has 1 N–H and O–H groups in total. The molecule has 3 aliphatic rings. The number of nitrogens with zero attached hydrogens (tertiary/aromatic N) is 3. The first kappa shape index (κ1) is 20.1. The van der Waals surface area contributed by atoms with Crippen LogP contribution in [0.15, 0.2) is 29.1 Å². The molecule has 0 unspecified atom stereocenters. The molecule has 0 spiro atoms. The Morgan fingerprint density at radius 3 is 2.70 bits per heavy atom. The van der Waals surface area contributed by atoms with Gasteiger partial charge in [-0.3, -0.25) is 14.6 Å². The van der Waals surface area contributed by atoms with Crippen molar-refractivity contribution in [2.75, 3.05) is 13.2 Å². The van der Waals surface area contributed by atoms with Gasteiger partial charge < -0.3 is 9.47 Å². The number of rotatable bonds is 7. The van der Waals surface area contributed by atoms with Crippen LogP contribution >= 0.6 is 0 Å². The van der Waals surface area contributed by atoms with Gasteiger partial charge >= 0.3 is 5.97 Å². The minimum absolute atomic E-state index is 0.219. The molecule has 1 saturated carbocycles. The predicted molar refractivity (Wildman–Crippen MR) is 112 cm³/mol. The summed E-state index contributed by atoms with van der Waals surface area (Å²) in [6.45, 7) is 3.82. The van der Waals surface area contributed by atoms with Crippen molar-refractivity contribution in [1.82, 2.24) is 19.7 Å². The summed E-state index contributed by atoms with van der Waals surface area (Å²) in [7, 11) is 0. The first-order chi connectivity index (χ1) is 14.6. The van der Waals surface area contributed by atoms with Crippen LogP contribution in [0.3, 0.4) is 0 Å². The molecule has 158 valence electrons. The highest BCUT2D eigenvalue weighted by atomic mass is 16.6. The van der Waals surface area contributed by atoms with Crippen LogP contribution in [0.4, 0.5) is 0 Å². The van der Waals surface area contributed by atoms with Crippen LogP contribution in [0.25, 0.3) is 22.8 Å². The van der Waals surface area contributed by atoms with Crippen molar-refractivity contribution in [3.63, 3.8) is 0 Å². The lowest BCUT2D eigenvalue weighted by molar-refractivity contribution is -0.145. The Morgan fingerprint density at radius 2 is 1.97 bits per heavy atom. The number of hydrogen-bond donors (Lipinski definition) is 1. The Balaban J connectivity index is 1.77. The number of carbonyl (C=O) groups excluding carboxylic acids is 1. The number of benzene rings is 1. The van der Waals surface area contributed by atoms with Crippen molar-refractivity contribution in [2.24, 2.45) is 0 Å². The molecule has 8 nitrogen and oxygen atoms in total. The highest BCUT2D eigenvalue weighted by Crippen LogP contribution is 2.35. The van der Waals surface area contributed by atoms with Crippen molar-refractivity contribution in [3.8, 4) is 28.5 Å². The lowest BCUT2D eigenvalue weighted by Gasteiger charge is -2.14. The molecule has 0 radical (unpaired) electrons. The molecule has 0 aromatic heterocycles. The average Bonchev–Trinajstić information content (AvgIpc) is 3.40. The van der Waals surface area contributed by atoms with Crippen molar-refractivity contribution >= 4 is 5.97 Å². The Hall–Kier alpha value is -3.16. The molecule has 0 atom stereocenters. The fraction of sp³-hybridized carbons (Fsp3) is 0.455. The predicted octanol–water partition coefficient (Wildman–Crippen LogP) is 3.36. The lowest BCUT2D eigenvalue weighted by atomic mass is 10.1. The number of aryl methyl sites for hydroxylation is 1. The van der Waals surface area contributed by atoms with Gasteiger partial charge in [-0.1, -0.05) is 31.9 Å². The number of nitrogens with one attached hydrogen (secondary N) is 1. The maximum atomic E-state index is 12.9. The van der Waals surface area contributed by atoms with E-state index in [4.69, 9.17) is 14.5 Å². The fourth-order valence-corrected chi connectivity index (χ4v) is 4.04. The van der Waals surface area contributed by atoms with Crippen molar-refractivity contribution in [1.29, 1.82) is 0 Å². The Labute approximate surface area is 174 Å². The van der Waals surface area contributed by atoms with Gasteiger partial charge in [0.05, 0.1) is 18.2 Å². The van der Waals surface area contributed by atoms with Gasteiger partial charge in [0.25, 0.3) is 5.56 Å². The van der Waals surface area contributed by atoms with Crippen LogP contribution in [0.2, 0.25) is 0 Å². The number of carbonyl (C=O) groups is 1. The highest BCUT2D eigenvalue weighted by Gasteiger charge is 2.28. The third-order valence-electron chi connectivity index (χ3n) is 5.46. The number of para-hydroxylation sites is 1. The summed E-state index contributed by atoms with van der Waals surface area (Å²) in [5, 5.41) is 3.39. The SMILES string of the molecule is CCOC(=O)COc1ccccc1-c1nc2n(C3CCCC3)[nH]c(CC)c-2c(=O)n1. The van der Waals surface area contributed by atoms with Gasteiger partial charge in [-0.15, -0.1) is 0 Å². The van der Waals surface area contributed by atoms with Gasteiger partial charge in [-0.25, -0.2) is 9.78 Å². The topological polar surface area (TPSA) is 99.1 Å². The number of aromatic nitrogens is 4.